The minimum absolute atomic E-state index is 0.116. The first-order valence-corrected chi connectivity index (χ1v) is 17.4. The van der Waals surface area contributed by atoms with E-state index in [9.17, 15) is 31.6 Å². The Kier molecular flexibility index (Phi) is 7.59. The molecular weight excluding hydrogens is 757 g/mol. The molecule has 0 aliphatic carbocycles. The van der Waals surface area contributed by atoms with Crippen LogP contribution in [-0.2, 0) is 0 Å². The molecule has 18 heteroatoms. The second-order valence-corrected chi connectivity index (χ2v) is 13.0. The standard InChI is InChI=1S/C42H12N18/c43-13-31-34(16-46)58-40-37(55-31)49-25-4-1-19(10-28(25)52-40)22-7-23(20-2-5-26-29(11-20)53-41-38(50-26)56-32(14-44)35(17-47)59-41)9-24(8-22)21-3-6-27-30(12-21)54-42-39(51-27)57-33(15-45)36(18-48)60-42/h1-12H. The summed E-state index contributed by atoms with van der Waals surface area (Å²) in [7, 11) is 0. The number of hydrogen-bond donors (Lipinski definition) is 0. The summed E-state index contributed by atoms with van der Waals surface area (Å²) in [6, 6.07) is 33.8. The zero-order valence-electron chi connectivity index (χ0n) is 30.0. The van der Waals surface area contributed by atoms with E-state index in [-0.39, 0.29) is 68.0 Å². The number of nitrogens with zero attached hydrogens (tertiary/aromatic N) is 18. The smallest absolute Gasteiger partial charge is 0.199 e. The minimum atomic E-state index is -0.151. The third-order valence-corrected chi connectivity index (χ3v) is 9.43. The third kappa shape index (κ3) is 5.61. The number of aromatic nitrogens is 12. The Hall–Kier alpha value is -10.1. The summed E-state index contributed by atoms with van der Waals surface area (Å²) in [4.78, 5) is 52.9. The molecule has 0 amide bonds. The highest BCUT2D eigenvalue weighted by Crippen LogP contribution is 2.36. The highest BCUT2D eigenvalue weighted by atomic mass is 15.0. The highest BCUT2D eigenvalue weighted by molar-refractivity contribution is 5.93. The first-order valence-electron chi connectivity index (χ1n) is 17.4. The minimum Gasteiger partial charge on any atom is -0.224 e. The van der Waals surface area contributed by atoms with Gasteiger partial charge in [0.25, 0.3) is 0 Å². The van der Waals surface area contributed by atoms with Crippen LogP contribution in [0.5, 0.6) is 0 Å². The predicted molar refractivity (Wildman–Crippen MR) is 210 cm³/mol. The lowest BCUT2D eigenvalue weighted by molar-refractivity contribution is 1.14. The molecule has 0 aliphatic rings. The molecule has 18 nitrogen and oxygen atoms in total. The second kappa shape index (κ2) is 13.3. The van der Waals surface area contributed by atoms with Crippen LogP contribution in [0.2, 0.25) is 0 Å². The second-order valence-electron chi connectivity index (χ2n) is 13.0. The fourth-order valence-corrected chi connectivity index (χ4v) is 6.64. The lowest BCUT2D eigenvalue weighted by Gasteiger charge is -2.13. The number of fused-ring (bicyclic) bond motifs is 6. The molecule has 0 unspecified atom stereocenters. The van der Waals surface area contributed by atoms with Crippen LogP contribution in [0.4, 0.5) is 0 Å². The van der Waals surface area contributed by atoms with Gasteiger partial charge in [-0.1, -0.05) is 18.2 Å². The molecule has 0 N–H and O–H groups in total. The van der Waals surface area contributed by atoms with Gasteiger partial charge in [0, 0.05) is 0 Å². The molecule has 0 spiro atoms. The van der Waals surface area contributed by atoms with Crippen molar-refractivity contribution in [3.63, 3.8) is 0 Å². The topological polar surface area (TPSA) is 297 Å². The van der Waals surface area contributed by atoms with E-state index < -0.39 is 0 Å². The van der Waals surface area contributed by atoms with Crippen molar-refractivity contribution in [3.8, 4) is 69.8 Å². The molecule has 270 valence electrons. The van der Waals surface area contributed by atoms with Crippen LogP contribution >= 0.6 is 0 Å². The molecule has 60 heavy (non-hydrogen) atoms. The van der Waals surface area contributed by atoms with Crippen molar-refractivity contribution >= 4 is 67.0 Å². The maximum absolute atomic E-state index is 9.52. The van der Waals surface area contributed by atoms with Crippen LogP contribution in [0.3, 0.4) is 0 Å². The number of nitriles is 6. The maximum Gasteiger partial charge on any atom is 0.199 e. The molecule has 0 bridgehead atoms. The van der Waals surface area contributed by atoms with Gasteiger partial charge >= 0.3 is 0 Å². The number of benzene rings is 4. The first-order chi connectivity index (χ1) is 29.3. The van der Waals surface area contributed by atoms with Gasteiger partial charge in [-0.25, -0.2) is 59.8 Å². The lowest BCUT2D eigenvalue weighted by Crippen LogP contribution is -2.00. The van der Waals surface area contributed by atoms with Crippen LogP contribution in [0, 0.1) is 68.0 Å². The summed E-state index contributed by atoms with van der Waals surface area (Å²) in [5, 5.41) is 56.9. The van der Waals surface area contributed by atoms with Gasteiger partial charge < -0.3 is 0 Å². The van der Waals surface area contributed by atoms with E-state index in [4.69, 9.17) is 0 Å². The van der Waals surface area contributed by atoms with Crippen LogP contribution in [-0.4, -0.2) is 59.8 Å². The molecule has 10 rings (SSSR count). The Balaban J connectivity index is 1.16. The molecule has 6 aromatic heterocycles. The van der Waals surface area contributed by atoms with E-state index in [0.717, 1.165) is 33.4 Å². The van der Waals surface area contributed by atoms with Gasteiger partial charge in [0.15, 0.2) is 68.0 Å². The Bertz CT molecular complexity index is 3460. The van der Waals surface area contributed by atoms with Gasteiger partial charge in [-0.3, -0.25) is 0 Å². The molecule has 0 fully saturated rings. The van der Waals surface area contributed by atoms with Gasteiger partial charge in [-0.15, -0.1) is 0 Å². The molecule has 0 aliphatic heterocycles. The van der Waals surface area contributed by atoms with Crippen molar-refractivity contribution in [1.82, 2.24) is 59.8 Å². The van der Waals surface area contributed by atoms with E-state index in [1.807, 2.05) is 91.0 Å². The predicted octanol–water partition coefficient (Wildman–Crippen LogP) is 5.58. The largest absolute Gasteiger partial charge is 0.224 e. The average Bonchev–Trinajstić information content (AvgIpc) is 3.29. The molecular formula is C42H12N18. The summed E-state index contributed by atoms with van der Waals surface area (Å²) in [6.45, 7) is 0. The molecule has 6 heterocycles. The van der Waals surface area contributed by atoms with E-state index in [1.165, 1.54) is 0 Å². The Labute approximate surface area is 334 Å². The van der Waals surface area contributed by atoms with Crippen molar-refractivity contribution in [2.24, 2.45) is 0 Å². The Morgan fingerprint density at radius 3 is 0.667 bits per heavy atom. The summed E-state index contributed by atoms with van der Waals surface area (Å²) in [6.07, 6.45) is 0. The summed E-state index contributed by atoms with van der Waals surface area (Å²) in [5.74, 6) is 0. The summed E-state index contributed by atoms with van der Waals surface area (Å²) in [5.41, 5.74) is 7.46. The summed E-state index contributed by atoms with van der Waals surface area (Å²) >= 11 is 0. The fourth-order valence-electron chi connectivity index (χ4n) is 6.64. The highest BCUT2D eigenvalue weighted by Gasteiger charge is 2.17. The lowest BCUT2D eigenvalue weighted by atomic mass is 9.93. The average molecular weight is 769 g/mol. The number of hydrogen-bond acceptors (Lipinski definition) is 18. The van der Waals surface area contributed by atoms with Crippen LogP contribution < -0.4 is 0 Å². The van der Waals surface area contributed by atoms with Crippen molar-refractivity contribution in [2.45, 2.75) is 0 Å². The SMILES string of the molecule is N#Cc1nc2nc3ccc(-c4cc(-c5ccc6nc7nc(C#N)c(C#N)nc7nc6c5)cc(-c5ccc6nc7nc(C#N)c(C#N)nc7nc6c5)c4)cc3nc2nc1C#N. The van der Waals surface area contributed by atoms with Crippen molar-refractivity contribution < 1.29 is 0 Å². The van der Waals surface area contributed by atoms with Gasteiger partial charge in [0.05, 0.1) is 33.1 Å². The van der Waals surface area contributed by atoms with Gasteiger partial charge in [-0.05, 0) is 88.0 Å². The molecule has 10 aromatic rings. The van der Waals surface area contributed by atoms with Crippen molar-refractivity contribution in [1.29, 1.82) is 31.6 Å². The third-order valence-electron chi connectivity index (χ3n) is 9.43. The van der Waals surface area contributed by atoms with Gasteiger partial charge in [-0.2, -0.15) is 31.6 Å². The molecule has 0 radical (unpaired) electrons. The Morgan fingerprint density at radius 1 is 0.233 bits per heavy atom. The summed E-state index contributed by atoms with van der Waals surface area (Å²) < 4.78 is 0. The number of rotatable bonds is 3. The Morgan fingerprint density at radius 2 is 0.450 bits per heavy atom. The normalized spacial score (nSPS) is 10.9. The molecule has 4 aromatic carbocycles. The maximum atomic E-state index is 9.52. The van der Waals surface area contributed by atoms with E-state index >= 15 is 0 Å². The van der Waals surface area contributed by atoms with Gasteiger partial charge in [0.1, 0.15) is 36.4 Å². The van der Waals surface area contributed by atoms with E-state index in [1.54, 1.807) is 18.2 Å². The van der Waals surface area contributed by atoms with E-state index in [0.29, 0.717) is 33.1 Å². The molecule has 0 atom stereocenters. The van der Waals surface area contributed by atoms with Gasteiger partial charge in [0.2, 0.25) is 0 Å². The van der Waals surface area contributed by atoms with Crippen LogP contribution in [0.25, 0.3) is 100 Å². The monoisotopic (exact) mass is 768 g/mol. The van der Waals surface area contributed by atoms with E-state index in [2.05, 4.69) is 59.8 Å². The zero-order valence-corrected chi connectivity index (χ0v) is 30.0. The zero-order chi connectivity index (χ0) is 41.1. The first kappa shape index (κ1) is 34.4. The van der Waals surface area contributed by atoms with Crippen molar-refractivity contribution in [2.75, 3.05) is 0 Å². The molecule has 0 saturated heterocycles. The fraction of sp³-hybridized carbons (Fsp3) is 0. The van der Waals surface area contributed by atoms with Crippen molar-refractivity contribution in [3.05, 3.63) is 107 Å². The molecule has 0 saturated carbocycles. The quantitative estimate of drug-likeness (QED) is 0.198. The van der Waals surface area contributed by atoms with Crippen LogP contribution in [0.1, 0.15) is 34.2 Å². The van der Waals surface area contributed by atoms with Crippen LogP contribution in [0.15, 0.2) is 72.8 Å².